The second-order valence-corrected chi connectivity index (χ2v) is 6.79. The molecule has 3 nitrogen and oxygen atoms in total. The Morgan fingerprint density at radius 1 is 1.20 bits per heavy atom. The maximum Gasteiger partial charge on any atom is 0.244 e. The summed E-state index contributed by atoms with van der Waals surface area (Å²) in [5.74, 6) is -0.0771. The molecular formula is C16H23BrN2O. The van der Waals surface area contributed by atoms with Gasteiger partial charge >= 0.3 is 0 Å². The fourth-order valence-electron chi connectivity index (χ4n) is 2.69. The van der Waals surface area contributed by atoms with E-state index < -0.39 is 5.54 Å². The van der Waals surface area contributed by atoms with Crippen LogP contribution in [-0.2, 0) is 10.3 Å². The first kappa shape index (κ1) is 15.5. The van der Waals surface area contributed by atoms with Gasteiger partial charge in [-0.25, -0.2) is 0 Å². The van der Waals surface area contributed by atoms with Gasteiger partial charge in [-0.3, -0.25) is 4.79 Å². The van der Waals surface area contributed by atoms with E-state index in [4.69, 9.17) is 5.73 Å². The van der Waals surface area contributed by atoms with Crippen LogP contribution < -0.4 is 11.1 Å². The average molecular weight is 339 g/mol. The first-order valence-corrected chi connectivity index (χ1v) is 8.15. The SMILES string of the molecule is CC(N)(C(=O)NC1CCCCCC1)c1ccc(Br)cc1. The molecule has 20 heavy (non-hydrogen) atoms. The van der Waals surface area contributed by atoms with Crippen LogP contribution in [0.4, 0.5) is 0 Å². The van der Waals surface area contributed by atoms with Crippen LogP contribution in [0.15, 0.2) is 28.7 Å². The number of hydrogen-bond donors (Lipinski definition) is 2. The van der Waals surface area contributed by atoms with E-state index in [1.165, 1.54) is 25.7 Å². The Balaban J connectivity index is 2.04. The summed E-state index contributed by atoms with van der Waals surface area (Å²) in [5.41, 5.74) is 6.12. The number of nitrogens with one attached hydrogen (secondary N) is 1. The van der Waals surface area contributed by atoms with Crippen LogP contribution >= 0.6 is 15.9 Å². The summed E-state index contributed by atoms with van der Waals surface area (Å²) in [4.78, 5) is 12.5. The molecule has 1 aromatic carbocycles. The predicted octanol–water partition coefficient (Wildman–Crippen LogP) is 3.46. The highest BCUT2D eigenvalue weighted by molar-refractivity contribution is 9.10. The number of benzene rings is 1. The van der Waals surface area contributed by atoms with Gasteiger partial charge in [0.05, 0.1) is 0 Å². The van der Waals surface area contributed by atoms with Crippen LogP contribution in [0.1, 0.15) is 51.0 Å². The molecule has 1 amide bonds. The van der Waals surface area contributed by atoms with Crippen molar-refractivity contribution in [2.45, 2.75) is 57.0 Å². The Kier molecular flexibility index (Phi) is 5.22. The minimum Gasteiger partial charge on any atom is -0.351 e. The summed E-state index contributed by atoms with van der Waals surface area (Å²) in [6, 6.07) is 7.91. The molecule has 3 N–H and O–H groups in total. The molecule has 1 atom stereocenters. The molecule has 1 saturated carbocycles. The lowest BCUT2D eigenvalue weighted by Crippen LogP contribution is -2.51. The smallest absolute Gasteiger partial charge is 0.244 e. The van der Waals surface area contributed by atoms with Gasteiger partial charge in [-0.05, 0) is 37.5 Å². The van der Waals surface area contributed by atoms with Crippen LogP contribution in [0.5, 0.6) is 0 Å². The highest BCUT2D eigenvalue weighted by Crippen LogP contribution is 2.22. The number of halogens is 1. The van der Waals surface area contributed by atoms with Crippen LogP contribution in [0.3, 0.4) is 0 Å². The van der Waals surface area contributed by atoms with Crippen LogP contribution in [0.2, 0.25) is 0 Å². The van der Waals surface area contributed by atoms with E-state index in [0.717, 1.165) is 22.9 Å². The Bertz CT molecular complexity index is 448. The van der Waals surface area contributed by atoms with Crippen LogP contribution in [0.25, 0.3) is 0 Å². The molecule has 0 bridgehead atoms. The summed E-state index contributed by atoms with van der Waals surface area (Å²) < 4.78 is 0.987. The van der Waals surface area contributed by atoms with Gasteiger partial charge in [0, 0.05) is 10.5 Å². The quantitative estimate of drug-likeness (QED) is 0.829. The molecule has 0 aromatic heterocycles. The van der Waals surface area contributed by atoms with Crippen molar-refractivity contribution in [2.24, 2.45) is 5.73 Å². The zero-order valence-electron chi connectivity index (χ0n) is 12.0. The normalized spacial score (nSPS) is 19.9. The fraction of sp³-hybridized carbons (Fsp3) is 0.562. The molecule has 2 rings (SSSR count). The van der Waals surface area contributed by atoms with Gasteiger partial charge in [0.2, 0.25) is 5.91 Å². The van der Waals surface area contributed by atoms with Gasteiger partial charge < -0.3 is 11.1 Å². The minimum atomic E-state index is -0.979. The first-order valence-electron chi connectivity index (χ1n) is 7.36. The second kappa shape index (κ2) is 6.72. The molecule has 1 aliphatic carbocycles. The zero-order chi connectivity index (χ0) is 14.6. The third kappa shape index (κ3) is 3.83. The lowest BCUT2D eigenvalue weighted by Gasteiger charge is -2.27. The summed E-state index contributed by atoms with van der Waals surface area (Å²) in [5, 5.41) is 3.14. The second-order valence-electron chi connectivity index (χ2n) is 5.87. The molecular weight excluding hydrogens is 316 g/mol. The molecule has 1 fully saturated rings. The number of amides is 1. The van der Waals surface area contributed by atoms with Crippen molar-refractivity contribution in [1.82, 2.24) is 5.32 Å². The van der Waals surface area contributed by atoms with Gasteiger partial charge in [-0.15, -0.1) is 0 Å². The van der Waals surface area contributed by atoms with Crippen molar-refractivity contribution < 1.29 is 4.79 Å². The summed E-state index contributed by atoms with van der Waals surface area (Å²) in [7, 11) is 0. The van der Waals surface area contributed by atoms with E-state index in [1.807, 2.05) is 24.3 Å². The maximum atomic E-state index is 12.5. The highest BCUT2D eigenvalue weighted by atomic mass is 79.9. The monoisotopic (exact) mass is 338 g/mol. The summed E-state index contributed by atoms with van der Waals surface area (Å²) >= 11 is 3.40. The van der Waals surface area contributed by atoms with E-state index in [2.05, 4.69) is 21.2 Å². The van der Waals surface area contributed by atoms with Gasteiger partial charge in [0.1, 0.15) is 5.54 Å². The van der Waals surface area contributed by atoms with Crippen molar-refractivity contribution >= 4 is 21.8 Å². The Morgan fingerprint density at radius 3 is 2.30 bits per heavy atom. The molecule has 1 aliphatic rings. The molecule has 0 radical (unpaired) electrons. The van der Waals surface area contributed by atoms with Gasteiger partial charge in [0.25, 0.3) is 0 Å². The Morgan fingerprint density at radius 2 is 1.75 bits per heavy atom. The standard InChI is InChI=1S/C16H23BrN2O/c1-16(18,12-8-10-13(17)11-9-12)15(20)19-14-6-4-2-3-5-7-14/h8-11,14H,2-7,18H2,1H3,(H,19,20). The third-order valence-corrected chi connectivity index (χ3v) is 4.63. The lowest BCUT2D eigenvalue weighted by molar-refractivity contribution is -0.126. The van der Waals surface area contributed by atoms with Crippen molar-refractivity contribution in [3.63, 3.8) is 0 Å². The van der Waals surface area contributed by atoms with E-state index >= 15 is 0 Å². The number of nitrogens with two attached hydrogens (primary N) is 1. The van der Waals surface area contributed by atoms with Crippen molar-refractivity contribution in [1.29, 1.82) is 0 Å². The zero-order valence-corrected chi connectivity index (χ0v) is 13.6. The topological polar surface area (TPSA) is 55.1 Å². The molecule has 110 valence electrons. The molecule has 1 aromatic rings. The van der Waals surface area contributed by atoms with Crippen LogP contribution in [0, 0.1) is 0 Å². The van der Waals surface area contributed by atoms with Crippen LogP contribution in [-0.4, -0.2) is 11.9 Å². The summed E-state index contributed by atoms with van der Waals surface area (Å²) in [6.07, 6.45) is 7.09. The van der Waals surface area contributed by atoms with Gasteiger partial charge in [0.15, 0.2) is 0 Å². The molecule has 0 heterocycles. The van der Waals surface area contributed by atoms with Crippen molar-refractivity contribution in [3.05, 3.63) is 34.3 Å². The molecule has 1 unspecified atom stereocenters. The largest absolute Gasteiger partial charge is 0.351 e. The van der Waals surface area contributed by atoms with E-state index in [-0.39, 0.29) is 11.9 Å². The molecule has 0 spiro atoms. The minimum absolute atomic E-state index is 0.0771. The fourth-order valence-corrected chi connectivity index (χ4v) is 2.95. The van der Waals surface area contributed by atoms with Gasteiger partial charge in [-0.2, -0.15) is 0 Å². The molecule has 0 aliphatic heterocycles. The first-order chi connectivity index (χ1) is 9.50. The van der Waals surface area contributed by atoms with Crippen molar-refractivity contribution in [2.75, 3.05) is 0 Å². The average Bonchev–Trinajstić information content (AvgIpc) is 2.68. The molecule has 0 saturated heterocycles. The van der Waals surface area contributed by atoms with Crippen molar-refractivity contribution in [3.8, 4) is 0 Å². The molecule has 4 heteroatoms. The number of carbonyl (C=O) groups excluding carboxylic acids is 1. The number of carbonyl (C=O) groups is 1. The number of rotatable bonds is 3. The van der Waals surface area contributed by atoms with E-state index in [9.17, 15) is 4.79 Å². The Labute approximate surface area is 129 Å². The van der Waals surface area contributed by atoms with Gasteiger partial charge in [-0.1, -0.05) is 53.7 Å². The summed E-state index contributed by atoms with van der Waals surface area (Å²) in [6.45, 7) is 1.78. The van der Waals surface area contributed by atoms with E-state index in [1.54, 1.807) is 6.92 Å². The third-order valence-electron chi connectivity index (χ3n) is 4.11. The highest BCUT2D eigenvalue weighted by Gasteiger charge is 2.31. The lowest BCUT2D eigenvalue weighted by atomic mass is 9.91. The van der Waals surface area contributed by atoms with E-state index in [0.29, 0.717) is 0 Å². The Hall–Kier alpha value is -0.870. The maximum absolute atomic E-state index is 12.5. The number of hydrogen-bond acceptors (Lipinski definition) is 2. The predicted molar refractivity (Wildman–Crippen MR) is 85.3 cm³/mol.